The largest absolute Gasteiger partial charge is 0.353 e. The molecule has 0 radical (unpaired) electrons. The van der Waals surface area contributed by atoms with Crippen molar-refractivity contribution in [3.8, 4) is 5.69 Å². The van der Waals surface area contributed by atoms with Gasteiger partial charge in [-0.1, -0.05) is 19.4 Å². The Morgan fingerprint density at radius 2 is 1.86 bits per heavy atom. The molecule has 0 spiro atoms. The van der Waals surface area contributed by atoms with Crippen molar-refractivity contribution in [1.29, 1.82) is 0 Å². The highest BCUT2D eigenvalue weighted by Crippen LogP contribution is 2.16. The highest BCUT2D eigenvalue weighted by atomic mass is 16.2. The lowest BCUT2D eigenvalue weighted by molar-refractivity contribution is -0.131. The van der Waals surface area contributed by atoms with Gasteiger partial charge in [0.25, 0.3) is 5.56 Å². The van der Waals surface area contributed by atoms with Gasteiger partial charge in [-0.3, -0.25) is 9.59 Å². The third-order valence-corrected chi connectivity index (χ3v) is 5.44. The second-order valence-corrected chi connectivity index (χ2v) is 7.54. The molecular formula is C22H30N4O2. The minimum atomic E-state index is -0.141. The molecule has 0 unspecified atom stereocenters. The van der Waals surface area contributed by atoms with E-state index in [9.17, 15) is 9.59 Å². The maximum absolute atomic E-state index is 12.4. The number of nitrogens with zero attached hydrogens (tertiary/aromatic N) is 4. The summed E-state index contributed by atoms with van der Waals surface area (Å²) < 4.78 is 1.47. The second kappa shape index (κ2) is 9.04. The summed E-state index contributed by atoms with van der Waals surface area (Å²) in [5.41, 5.74) is 2.96. The molecule has 1 saturated heterocycles. The molecule has 0 saturated carbocycles. The first-order valence-corrected chi connectivity index (χ1v) is 10.2. The number of hydrogen-bond donors (Lipinski definition) is 0. The molecule has 150 valence electrons. The Kier molecular flexibility index (Phi) is 6.49. The maximum Gasteiger partial charge on any atom is 0.271 e. The van der Waals surface area contributed by atoms with Gasteiger partial charge in [-0.15, -0.1) is 5.10 Å². The third kappa shape index (κ3) is 4.61. The number of carbonyl (C=O) groups excluding carboxylic acids is 1. The van der Waals surface area contributed by atoms with Crippen LogP contribution in [0.3, 0.4) is 0 Å². The molecule has 3 rings (SSSR count). The van der Waals surface area contributed by atoms with Gasteiger partial charge in [-0.05, 0) is 56.0 Å². The van der Waals surface area contributed by atoms with E-state index < -0.39 is 0 Å². The number of aromatic nitrogens is 2. The standard InChI is InChI=1S/C22H30N4O2/c1-4-5-7-21(27)25-13-6-12-24(14-15-25)20-10-11-22(28)26(23-20)19-9-8-17(2)18(3)16-19/h8-11,16H,4-7,12-15H2,1-3H3. The first-order chi connectivity index (χ1) is 13.5. The Hall–Kier alpha value is -2.63. The van der Waals surface area contributed by atoms with Crippen molar-refractivity contribution in [2.45, 2.75) is 46.5 Å². The Morgan fingerprint density at radius 3 is 2.61 bits per heavy atom. The Morgan fingerprint density at radius 1 is 1.04 bits per heavy atom. The molecule has 6 heteroatoms. The third-order valence-electron chi connectivity index (χ3n) is 5.44. The maximum atomic E-state index is 12.4. The van der Waals surface area contributed by atoms with Crippen molar-refractivity contribution in [1.82, 2.24) is 14.7 Å². The van der Waals surface area contributed by atoms with Crippen LogP contribution in [-0.2, 0) is 4.79 Å². The van der Waals surface area contributed by atoms with Gasteiger partial charge < -0.3 is 9.80 Å². The predicted molar refractivity (Wildman–Crippen MR) is 112 cm³/mol. The highest BCUT2D eigenvalue weighted by molar-refractivity contribution is 5.76. The smallest absolute Gasteiger partial charge is 0.271 e. The molecule has 6 nitrogen and oxygen atoms in total. The van der Waals surface area contributed by atoms with Crippen LogP contribution in [0.15, 0.2) is 35.1 Å². The molecule has 1 amide bonds. The number of carbonyl (C=O) groups is 1. The summed E-state index contributed by atoms with van der Waals surface area (Å²) in [4.78, 5) is 28.9. The van der Waals surface area contributed by atoms with Crippen LogP contribution in [0.25, 0.3) is 5.69 Å². The molecule has 0 bridgehead atoms. The van der Waals surface area contributed by atoms with Crippen LogP contribution in [-0.4, -0.2) is 46.8 Å². The van der Waals surface area contributed by atoms with E-state index in [2.05, 4.69) is 23.8 Å². The van der Waals surface area contributed by atoms with E-state index in [4.69, 9.17) is 0 Å². The van der Waals surface area contributed by atoms with Gasteiger partial charge >= 0.3 is 0 Å². The zero-order chi connectivity index (χ0) is 20.1. The first kappa shape index (κ1) is 20.1. The fourth-order valence-electron chi connectivity index (χ4n) is 3.49. The first-order valence-electron chi connectivity index (χ1n) is 10.2. The zero-order valence-corrected chi connectivity index (χ0v) is 17.1. The summed E-state index contributed by atoms with van der Waals surface area (Å²) in [6.07, 6.45) is 3.52. The van der Waals surface area contributed by atoms with Crippen molar-refractivity contribution in [2.24, 2.45) is 0 Å². The van der Waals surface area contributed by atoms with Crippen molar-refractivity contribution in [3.05, 3.63) is 51.8 Å². The normalized spacial score (nSPS) is 14.8. The van der Waals surface area contributed by atoms with E-state index in [1.165, 1.54) is 10.2 Å². The van der Waals surface area contributed by atoms with Gasteiger partial charge in [0.1, 0.15) is 5.82 Å². The Labute approximate surface area is 166 Å². The van der Waals surface area contributed by atoms with Crippen LogP contribution in [0.1, 0.15) is 43.7 Å². The summed E-state index contributed by atoms with van der Waals surface area (Å²) in [5.74, 6) is 1.03. The average Bonchev–Trinajstić information content (AvgIpc) is 2.95. The number of anilines is 1. The van der Waals surface area contributed by atoms with Crippen LogP contribution in [0.4, 0.5) is 5.82 Å². The van der Waals surface area contributed by atoms with Crippen molar-refractivity contribution in [3.63, 3.8) is 0 Å². The van der Waals surface area contributed by atoms with E-state index in [1.54, 1.807) is 12.1 Å². The van der Waals surface area contributed by atoms with Crippen LogP contribution < -0.4 is 10.5 Å². The van der Waals surface area contributed by atoms with Gasteiger partial charge in [-0.25, -0.2) is 0 Å². The molecule has 1 aliphatic heterocycles. The van der Waals surface area contributed by atoms with Gasteiger partial charge in [0.15, 0.2) is 0 Å². The van der Waals surface area contributed by atoms with E-state index in [-0.39, 0.29) is 11.5 Å². The Bertz CT molecular complexity index is 890. The minimum absolute atomic E-state index is 0.141. The molecule has 0 aliphatic carbocycles. The lowest BCUT2D eigenvalue weighted by atomic mass is 10.1. The van der Waals surface area contributed by atoms with E-state index in [0.717, 1.165) is 56.0 Å². The molecule has 1 aromatic heterocycles. The number of aryl methyl sites for hydroxylation is 2. The number of hydrogen-bond acceptors (Lipinski definition) is 4. The summed E-state index contributed by atoms with van der Waals surface area (Å²) in [6.45, 7) is 9.24. The van der Waals surface area contributed by atoms with Gasteiger partial charge in [0, 0.05) is 38.7 Å². The molecule has 1 fully saturated rings. The lowest BCUT2D eigenvalue weighted by Gasteiger charge is -2.23. The Balaban J connectivity index is 1.78. The molecule has 28 heavy (non-hydrogen) atoms. The molecule has 1 aromatic carbocycles. The summed E-state index contributed by atoms with van der Waals surface area (Å²) in [5, 5.41) is 4.62. The summed E-state index contributed by atoms with van der Waals surface area (Å²) in [6, 6.07) is 9.29. The summed E-state index contributed by atoms with van der Waals surface area (Å²) >= 11 is 0. The fourth-order valence-corrected chi connectivity index (χ4v) is 3.49. The molecule has 0 atom stereocenters. The highest BCUT2D eigenvalue weighted by Gasteiger charge is 2.20. The van der Waals surface area contributed by atoms with Gasteiger partial charge in [0.05, 0.1) is 5.69 Å². The van der Waals surface area contributed by atoms with Crippen molar-refractivity contribution < 1.29 is 4.79 Å². The number of benzene rings is 1. The quantitative estimate of drug-likeness (QED) is 0.797. The molecular weight excluding hydrogens is 352 g/mol. The van der Waals surface area contributed by atoms with Crippen LogP contribution in [0.2, 0.25) is 0 Å². The second-order valence-electron chi connectivity index (χ2n) is 7.54. The summed E-state index contributed by atoms with van der Waals surface area (Å²) in [7, 11) is 0. The lowest BCUT2D eigenvalue weighted by Crippen LogP contribution is -2.35. The van der Waals surface area contributed by atoms with Crippen LogP contribution in [0, 0.1) is 13.8 Å². The van der Waals surface area contributed by atoms with Gasteiger partial charge in [-0.2, -0.15) is 4.68 Å². The molecule has 2 heterocycles. The van der Waals surface area contributed by atoms with E-state index >= 15 is 0 Å². The number of unbranched alkanes of at least 4 members (excludes halogenated alkanes) is 1. The zero-order valence-electron chi connectivity index (χ0n) is 17.1. The number of rotatable bonds is 5. The monoisotopic (exact) mass is 382 g/mol. The molecule has 1 aliphatic rings. The fraction of sp³-hybridized carbons (Fsp3) is 0.500. The SMILES string of the molecule is CCCCC(=O)N1CCCN(c2ccc(=O)n(-c3ccc(C)c(C)c3)n2)CC1. The van der Waals surface area contributed by atoms with E-state index in [1.807, 2.05) is 30.0 Å². The minimum Gasteiger partial charge on any atom is -0.353 e. The number of amides is 1. The van der Waals surface area contributed by atoms with Crippen molar-refractivity contribution in [2.75, 3.05) is 31.1 Å². The average molecular weight is 383 g/mol. The van der Waals surface area contributed by atoms with Gasteiger partial charge in [0.2, 0.25) is 5.91 Å². The van der Waals surface area contributed by atoms with Crippen molar-refractivity contribution >= 4 is 11.7 Å². The molecule has 2 aromatic rings. The van der Waals surface area contributed by atoms with Crippen LogP contribution in [0.5, 0.6) is 0 Å². The van der Waals surface area contributed by atoms with Crippen LogP contribution >= 0.6 is 0 Å². The predicted octanol–water partition coefficient (Wildman–Crippen LogP) is 3.08. The topological polar surface area (TPSA) is 58.4 Å². The van der Waals surface area contributed by atoms with E-state index in [0.29, 0.717) is 13.0 Å². The molecule has 0 N–H and O–H groups in total.